The van der Waals surface area contributed by atoms with Gasteiger partial charge in [0.1, 0.15) is 0 Å². The number of anilines is 1. The van der Waals surface area contributed by atoms with Crippen LogP contribution >= 0.6 is 15.9 Å². The molecule has 0 spiro atoms. The molecule has 21 heavy (non-hydrogen) atoms. The van der Waals surface area contributed by atoms with E-state index >= 15 is 0 Å². The zero-order valence-electron chi connectivity index (χ0n) is 10.9. The van der Waals surface area contributed by atoms with E-state index in [1.165, 1.54) is 0 Å². The number of amides is 1. The van der Waals surface area contributed by atoms with Crippen LogP contribution in [0.15, 0.2) is 59.2 Å². The van der Waals surface area contributed by atoms with Crippen molar-refractivity contribution >= 4 is 44.2 Å². The third kappa shape index (κ3) is 2.73. The number of H-pyrrole nitrogens is 1. The average molecular weight is 343 g/mol. The average Bonchev–Trinajstić information content (AvgIpc) is 2.90. The van der Waals surface area contributed by atoms with Gasteiger partial charge in [-0.1, -0.05) is 40.2 Å². The summed E-state index contributed by atoms with van der Waals surface area (Å²) in [6.45, 7) is 0. The second kappa shape index (κ2) is 5.54. The number of hydrogen-bond donors (Lipinski definition) is 2. The van der Waals surface area contributed by atoms with Gasteiger partial charge in [-0.15, -0.1) is 0 Å². The van der Waals surface area contributed by atoms with E-state index in [1.807, 2.05) is 30.3 Å². The van der Waals surface area contributed by atoms with Gasteiger partial charge in [0.2, 0.25) is 0 Å². The van der Waals surface area contributed by atoms with Crippen molar-refractivity contribution in [2.24, 2.45) is 0 Å². The van der Waals surface area contributed by atoms with Crippen molar-refractivity contribution < 1.29 is 9.59 Å². The second-order valence-electron chi connectivity index (χ2n) is 4.54. The lowest BCUT2D eigenvalue weighted by Crippen LogP contribution is -2.22. The molecule has 0 aliphatic rings. The van der Waals surface area contributed by atoms with Gasteiger partial charge in [0.25, 0.3) is 11.7 Å². The van der Waals surface area contributed by atoms with E-state index in [0.29, 0.717) is 11.3 Å². The fourth-order valence-electron chi connectivity index (χ4n) is 2.14. The van der Waals surface area contributed by atoms with Crippen LogP contribution in [0, 0.1) is 0 Å². The Morgan fingerprint density at radius 3 is 2.67 bits per heavy atom. The highest BCUT2D eigenvalue weighted by Gasteiger charge is 2.19. The number of para-hydroxylation sites is 1. The molecule has 0 saturated carbocycles. The molecule has 1 heterocycles. The van der Waals surface area contributed by atoms with Crippen molar-refractivity contribution in [2.45, 2.75) is 0 Å². The first-order chi connectivity index (χ1) is 10.1. The lowest BCUT2D eigenvalue weighted by atomic mass is 10.1. The highest BCUT2D eigenvalue weighted by molar-refractivity contribution is 9.10. The molecule has 0 atom stereocenters. The van der Waals surface area contributed by atoms with E-state index in [9.17, 15) is 9.59 Å². The maximum absolute atomic E-state index is 12.3. The van der Waals surface area contributed by atoms with E-state index in [1.54, 1.807) is 24.4 Å². The maximum Gasteiger partial charge on any atom is 0.296 e. The van der Waals surface area contributed by atoms with Crippen LogP contribution < -0.4 is 5.32 Å². The minimum Gasteiger partial charge on any atom is -0.360 e. The fourth-order valence-corrected chi connectivity index (χ4v) is 2.54. The molecule has 0 unspecified atom stereocenters. The summed E-state index contributed by atoms with van der Waals surface area (Å²) in [7, 11) is 0. The van der Waals surface area contributed by atoms with Gasteiger partial charge < -0.3 is 10.3 Å². The van der Waals surface area contributed by atoms with E-state index in [2.05, 4.69) is 26.2 Å². The Balaban J connectivity index is 1.86. The topological polar surface area (TPSA) is 62.0 Å². The summed E-state index contributed by atoms with van der Waals surface area (Å²) in [5, 5.41) is 3.35. The summed E-state index contributed by atoms with van der Waals surface area (Å²) in [5.74, 6) is -1.22. The Bertz CT molecular complexity index is 839. The molecule has 3 rings (SSSR count). The minimum absolute atomic E-state index is 0.373. The maximum atomic E-state index is 12.3. The second-order valence-corrected chi connectivity index (χ2v) is 5.46. The molecule has 0 saturated heterocycles. The van der Waals surface area contributed by atoms with Crippen molar-refractivity contribution in [1.82, 2.24) is 4.98 Å². The monoisotopic (exact) mass is 342 g/mol. The SMILES string of the molecule is O=C(Nc1cccc(Br)c1)C(=O)c1c[nH]c2ccccc12. The van der Waals surface area contributed by atoms with Gasteiger partial charge in [-0.2, -0.15) is 0 Å². The number of carbonyl (C=O) groups is 2. The molecular weight excluding hydrogens is 332 g/mol. The first kappa shape index (κ1) is 13.6. The van der Waals surface area contributed by atoms with Gasteiger partial charge in [0.05, 0.1) is 5.56 Å². The number of carbonyl (C=O) groups excluding carboxylic acids is 2. The number of benzene rings is 2. The van der Waals surface area contributed by atoms with Crippen LogP contribution in [-0.2, 0) is 4.79 Å². The Hall–Kier alpha value is -2.40. The van der Waals surface area contributed by atoms with E-state index in [4.69, 9.17) is 0 Å². The molecule has 0 aliphatic heterocycles. The quantitative estimate of drug-likeness (QED) is 0.562. The lowest BCUT2D eigenvalue weighted by Gasteiger charge is -2.04. The Kier molecular flexibility index (Phi) is 3.58. The summed E-state index contributed by atoms with van der Waals surface area (Å²) < 4.78 is 0.833. The van der Waals surface area contributed by atoms with Crippen LogP contribution in [0.2, 0.25) is 0 Å². The number of Topliss-reactive ketones (excluding diaryl/α,β-unsaturated/α-hetero) is 1. The van der Waals surface area contributed by atoms with E-state index in [-0.39, 0.29) is 0 Å². The number of rotatable bonds is 3. The van der Waals surface area contributed by atoms with Crippen molar-refractivity contribution in [1.29, 1.82) is 0 Å². The minimum atomic E-state index is -0.655. The van der Waals surface area contributed by atoms with Gasteiger partial charge in [-0.05, 0) is 24.3 Å². The molecule has 2 aromatic carbocycles. The van der Waals surface area contributed by atoms with Crippen LogP contribution in [0.1, 0.15) is 10.4 Å². The third-order valence-electron chi connectivity index (χ3n) is 3.12. The molecule has 1 aromatic heterocycles. The fraction of sp³-hybridized carbons (Fsp3) is 0. The number of aromatic amines is 1. The Morgan fingerprint density at radius 2 is 1.86 bits per heavy atom. The molecule has 5 heteroatoms. The molecule has 1 amide bonds. The zero-order valence-corrected chi connectivity index (χ0v) is 12.5. The van der Waals surface area contributed by atoms with Gasteiger partial charge in [-0.25, -0.2) is 0 Å². The van der Waals surface area contributed by atoms with E-state index < -0.39 is 11.7 Å². The molecule has 3 aromatic rings. The van der Waals surface area contributed by atoms with Crippen LogP contribution in [0.3, 0.4) is 0 Å². The van der Waals surface area contributed by atoms with Crippen molar-refractivity contribution in [2.75, 3.05) is 5.32 Å². The Labute approximate surface area is 129 Å². The van der Waals surface area contributed by atoms with Crippen molar-refractivity contribution in [3.05, 3.63) is 64.8 Å². The molecule has 0 aliphatic carbocycles. The lowest BCUT2D eigenvalue weighted by molar-refractivity contribution is -0.112. The summed E-state index contributed by atoms with van der Waals surface area (Å²) in [5.41, 5.74) is 1.77. The van der Waals surface area contributed by atoms with Crippen LogP contribution in [0.5, 0.6) is 0 Å². The molecule has 0 bridgehead atoms. The molecule has 104 valence electrons. The largest absolute Gasteiger partial charge is 0.360 e. The number of halogens is 1. The van der Waals surface area contributed by atoms with Gasteiger partial charge in [0, 0.05) is 27.3 Å². The van der Waals surface area contributed by atoms with Gasteiger partial charge in [-0.3, -0.25) is 9.59 Å². The standard InChI is InChI=1S/C16H11BrN2O2/c17-10-4-3-5-11(8-10)19-16(21)15(20)13-9-18-14-7-2-1-6-12(13)14/h1-9,18H,(H,19,21). The van der Waals surface area contributed by atoms with Gasteiger partial charge >= 0.3 is 0 Å². The highest BCUT2D eigenvalue weighted by Crippen LogP contribution is 2.19. The first-order valence-corrected chi connectivity index (χ1v) is 7.12. The summed E-state index contributed by atoms with van der Waals surface area (Å²) in [6.07, 6.45) is 1.56. The highest BCUT2D eigenvalue weighted by atomic mass is 79.9. The summed E-state index contributed by atoms with van der Waals surface area (Å²) in [6, 6.07) is 14.5. The van der Waals surface area contributed by atoms with Crippen LogP contribution in [-0.4, -0.2) is 16.7 Å². The number of ketones is 1. The summed E-state index contributed by atoms with van der Waals surface area (Å²) in [4.78, 5) is 27.3. The molecular formula is C16H11BrN2O2. The number of fused-ring (bicyclic) bond motifs is 1. The predicted molar refractivity (Wildman–Crippen MR) is 85.4 cm³/mol. The van der Waals surface area contributed by atoms with E-state index in [0.717, 1.165) is 15.4 Å². The first-order valence-electron chi connectivity index (χ1n) is 6.32. The van der Waals surface area contributed by atoms with Crippen molar-refractivity contribution in [3.8, 4) is 0 Å². The van der Waals surface area contributed by atoms with Crippen molar-refractivity contribution in [3.63, 3.8) is 0 Å². The number of nitrogens with one attached hydrogen (secondary N) is 2. The van der Waals surface area contributed by atoms with Crippen LogP contribution in [0.4, 0.5) is 5.69 Å². The third-order valence-corrected chi connectivity index (χ3v) is 3.62. The molecule has 0 radical (unpaired) electrons. The molecule has 4 nitrogen and oxygen atoms in total. The normalized spacial score (nSPS) is 10.5. The molecule has 0 fully saturated rings. The number of aromatic nitrogens is 1. The number of hydrogen-bond acceptors (Lipinski definition) is 2. The predicted octanol–water partition coefficient (Wildman–Crippen LogP) is 3.75. The Morgan fingerprint density at radius 1 is 1.05 bits per heavy atom. The zero-order chi connectivity index (χ0) is 14.8. The van der Waals surface area contributed by atoms with Crippen LogP contribution in [0.25, 0.3) is 10.9 Å². The van der Waals surface area contributed by atoms with Gasteiger partial charge in [0.15, 0.2) is 0 Å². The summed E-state index contributed by atoms with van der Waals surface area (Å²) >= 11 is 3.32. The smallest absolute Gasteiger partial charge is 0.296 e. The molecule has 2 N–H and O–H groups in total.